The van der Waals surface area contributed by atoms with E-state index in [0.29, 0.717) is 17.1 Å². The van der Waals surface area contributed by atoms with Gasteiger partial charge < -0.3 is 5.73 Å². The fourth-order valence-electron chi connectivity index (χ4n) is 1.95. The molecule has 3 N–H and O–H groups in total. The van der Waals surface area contributed by atoms with E-state index in [4.69, 9.17) is 17.3 Å². The van der Waals surface area contributed by atoms with Crippen molar-refractivity contribution in [3.05, 3.63) is 70.2 Å². The summed E-state index contributed by atoms with van der Waals surface area (Å²) in [4.78, 5) is 0. The van der Waals surface area contributed by atoms with Gasteiger partial charge in [0.1, 0.15) is 0 Å². The lowest BCUT2D eigenvalue weighted by Gasteiger charge is -2.09. The van der Waals surface area contributed by atoms with Crippen molar-refractivity contribution in [2.45, 2.75) is 18.8 Å². The van der Waals surface area contributed by atoms with Crippen LogP contribution in [0.3, 0.4) is 0 Å². The Balaban J connectivity index is 2.03. The van der Waals surface area contributed by atoms with E-state index in [0.717, 1.165) is 11.1 Å². The highest BCUT2D eigenvalue weighted by Gasteiger charge is 2.12. The predicted octanol–water partition coefficient (Wildman–Crippen LogP) is 2.42. The maximum absolute atomic E-state index is 12.1. The predicted molar refractivity (Wildman–Crippen MR) is 85.2 cm³/mol. The van der Waals surface area contributed by atoms with Gasteiger partial charge in [-0.05, 0) is 22.8 Å². The summed E-state index contributed by atoms with van der Waals surface area (Å²) in [5.74, 6) is -0.0781. The number of rotatable bonds is 6. The van der Waals surface area contributed by atoms with Crippen molar-refractivity contribution >= 4 is 21.6 Å². The minimum atomic E-state index is -3.42. The molecule has 0 saturated carbocycles. The molecule has 0 saturated heterocycles. The number of sulfonamides is 1. The quantitative estimate of drug-likeness (QED) is 0.857. The summed E-state index contributed by atoms with van der Waals surface area (Å²) in [5.41, 5.74) is 7.93. The molecule has 0 unspecified atom stereocenters. The van der Waals surface area contributed by atoms with Gasteiger partial charge in [-0.1, -0.05) is 54.1 Å². The number of hydrogen-bond donors (Lipinski definition) is 2. The first-order valence-corrected chi connectivity index (χ1v) is 8.52. The molecule has 4 nitrogen and oxygen atoms in total. The van der Waals surface area contributed by atoms with Crippen LogP contribution in [0.5, 0.6) is 0 Å². The van der Waals surface area contributed by atoms with Gasteiger partial charge in [0, 0.05) is 18.1 Å². The van der Waals surface area contributed by atoms with Crippen LogP contribution in [0, 0.1) is 0 Å². The van der Waals surface area contributed by atoms with Gasteiger partial charge in [-0.3, -0.25) is 0 Å². The zero-order valence-electron chi connectivity index (χ0n) is 11.4. The third-order valence-corrected chi connectivity index (χ3v) is 4.69. The van der Waals surface area contributed by atoms with Gasteiger partial charge in [0.25, 0.3) is 0 Å². The van der Waals surface area contributed by atoms with E-state index in [9.17, 15) is 8.42 Å². The Labute approximate surface area is 130 Å². The molecular formula is C15H17ClN2O2S. The summed E-state index contributed by atoms with van der Waals surface area (Å²) >= 11 is 6.00. The van der Waals surface area contributed by atoms with Crippen LogP contribution in [0.15, 0.2) is 48.5 Å². The lowest BCUT2D eigenvalue weighted by Crippen LogP contribution is -2.24. The molecular weight excluding hydrogens is 308 g/mol. The second kappa shape index (κ2) is 7.04. The standard InChI is InChI=1S/C15H17ClN2O2S/c16-15-7-2-1-6-14(15)10-18-21(19,20)11-13-5-3-4-12(8-13)9-17/h1-8,18H,9-11,17H2. The Morgan fingerprint density at radius 1 is 1.05 bits per heavy atom. The highest BCUT2D eigenvalue weighted by Crippen LogP contribution is 2.15. The SMILES string of the molecule is NCc1cccc(CS(=O)(=O)NCc2ccccc2Cl)c1. The van der Waals surface area contributed by atoms with Crippen molar-refractivity contribution in [1.29, 1.82) is 0 Å². The van der Waals surface area contributed by atoms with Crippen LogP contribution in [-0.4, -0.2) is 8.42 Å². The van der Waals surface area contributed by atoms with Crippen LogP contribution in [0.1, 0.15) is 16.7 Å². The summed E-state index contributed by atoms with van der Waals surface area (Å²) in [7, 11) is -3.42. The van der Waals surface area contributed by atoms with Crippen LogP contribution in [0.2, 0.25) is 5.02 Å². The van der Waals surface area contributed by atoms with Crippen LogP contribution in [0.25, 0.3) is 0 Å². The minimum absolute atomic E-state index is 0.0781. The van der Waals surface area contributed by atoms with E-state index < -0.39 is 10.0 Å². The average Bonchev–Trinajstić information content (AvgIpc) is 2.46. The molecule has 0 aromatic heterocycles. The van der Waals surface area contributed by atoms with E-state index in [2.05, 4.69) is 4.72 Å². The number of nitrogens with two attached hydrogens (primary N) is 1. The molecule has 0 amide bonds. The molecule has 2 aromatic rings. The topological polar surface area (TPSA) is 72.2 Å². The molecule has 0 radical (unpaired) electrons. The van der Waals surface area contributed by atoms with Crippen LogP contribution >= 0.6 is 11.6 Å². The first-order chi connectivity index (χ1) is 10.00. The van der Waals surface area contributed by atoms with Crippen molar-refractivity contribution in [3.8, 4) is 0 Å². The maximum atomic E-state index is 12.1. The molecule has 0 heterocycles. The van der Waals surface area contributed by atoms with Gasteiger partial charge >= 0.3 is 0 Å². The summed E-state index contributed by atoms with van der Waals surface area (Å²) in [6.07, 6.45) is 0. The van der Waals surface area contributed by atoms with E-state index in [1.54, 1.807) is 36.4 Å². The van der Waals surface area contributed by atoms with E-state index in [-0.39, 0.29) is 12.3 Å². The fourth-order valence-corrected chi connectivity index (χ4v) is 3.24. The van der Waals surface area contributed by atoms with Gasteiger partial charge in [-0.2, -0.15) is 0 Å². The highest BCUT2D eigenvalue weighted by atomic mass is 35.5. The average molecular weight is 325 g/mol. The Kier molecular flexibility index (Phi) is 5.36. The van der Waals surface area contributed by atoms with E-state index in [1.165, 1.54) is 0 Å². The lowest BCUT2D eigenvalue weighted by atomic mass is 10.1. The van der Waals surface area contributed by atoms with Crippen molar-refractivity contribution in [2.24, 2.45) is 5.73 Å². The second-order valence-corrected chi connectivity index (χ2v) is 6.91. The Morgan fingerprint density at radius 3 is 2.48 bits per heavy atom. The zero-order valence-corrected chi connectivity index (χ0v) is 13.0. The van der Waals surface area contributed by atoms with Crippen molar-refractivity contribution in [3.63, 3.8) is 0 Å². The largest absolute Gasteiger partial charge is 0.326 e. The lowest BCUT2D eigenvalue weighted by molar-refractivity contribution is 0.580. The van der Waals surface area contributed by atoms with Gasteiger partial charge in [0.05, 0.1) is 5.75 Å². The smallest absolute Gasteiger partial charge is 0.216 e. The first-order valence-electron chi connectivity index (χ1n) is 6.49. The Hall–Kier alpha value is -1.40. The van der Waals surface area contributed by atoms with Gasteiger partial charge in [-0.15, -0.1) is 0 Å². The normalized spacial score (nSPS) is 11.5. The zero-order chi connectivity index (χ0) is 15.3. The highest BCUT2D eigenvalue weighted by molar-refractivity contribution is 7.88. The van der Waals surface area contributed by atoms with Crippen molar-refractivity contribution in [2.75, 3.05) is 0 Å². The van der Waals surface area contributed by atoms with Crippen LogP contribution in [0.4, 0.5) is 0 Å². The molecule has 112 valence electrons. The molecule has 6 heteroatoms. The van der Waals surface area contributed by atoms with Crippen LogP contribution < -0.4 is 10.5 Å². The molecule has 0 bridgehead atoms. The number of halogens is 1. The molecule has 2 rings (SSSR count). The summed E-state index contributed by atoms with van der Waals surface area (Å²) < 4.78 is 26.8. The maximum Gasteiger partial charge on any atom is 0.216 e. The summed E-state index contributed by atoms with van der Waals surface area (Å²) in [6, 6.07) is 14.4. The van der Waals surface area contributed by atoms with Gasteiger partial charge in [0.15, 0.2) is 0 Å². The summed E-state index contributed by atoms with van der Waals surface area (Å²) in [6.45, 7) is 0.569. The third-order valence-electron chi connectivity index (χ3n) is 3.02. The van der Waals surface area contributed by atoms with Crippen molar-refractivity contribution in [1.82, 2.24) is 4.72 Å². The fraction of sp³-hybridized carbons (Fsp3) is 0.200. The minimum Gasteiger partial charge on any atom is -0.326 e. The van der Waals surface area contributed by atoms with Crippen LogP contribution in [-0.2, 0) is 28.9 Å². The summed E-state index contributed by atoms with van der Waals surface area (Å²) in [5, 5.41) is 0.547. The monoisotopic (exact) mass is 324 g/mol. The third kappa shape index (κ3) is 4.82. The molecule has 0 aliphatic carbocycles. The molecule has 2 aromatic carbocycles. The van der Waals surface area contributed by atoms with Gasteiger partial charge in [-0.25, -0.2) is 13.1 Å². The molecule has 21 heavy (non-hydrogen) atoms. The molecule has 0 atom stereocenters. The second-order valence-electron chi connectivity index (χ2n) is 4.70. The molecule has 0 fully saturated rings. The number of benzene rings is 2. The first kappa shape index (κ1) is 16.0. The Bertz CT molecular complexity index is 717. The molecule has 0 spiro atoms. The number of hydrogen-bond acceptors (Lipinski definition) is 3. The Morgan fingerprint density at radius 2 is 1.76 bits per heavy atom. The van der Waals surface area contributed by atoms with E-state index in [1.807, 2.05) is 12.1 Å². The van der Waals surface area contributed by atoms with Crippen molar-refractivity contribution < 1.29 is 8.42 Å². The molecule has 0 aliphatic heterocycles. The van der Waals surface area contributed by atoms with Gasteiger partial charge in [0.2, 0.25) is 10.0 Å². The van der Waals surface area contributed by atoms with E-state index >= 15 is 0 Å². The number of nitrogens with one attached hydrogen (secondary N) is 1. The molecule has 0 aliphatic rings.